The molecule has 31 heavy (non-hydrogen) atoms. The quantitative estimate of drug-likeness (QED) is 0.560. The topological polar surface area (TPSA) is 96.6 Å². The Morgan fingerprint density at radius 1 is 1.16 bits per heavy atom. The van der Waals surface area contributed by atoms with Crippen molar-refractivity contribution in [2.45, 2.75) is 30.3 Å². The molecule has 0 aliphatic carbocycles. The van der Waals surface area contributed by atoms with Gasteiger partial charge in [0, 0.05) is 24.2 Å². The van der Waals surface area contributed by atoms with E-state index in [2.05, 4.69) is 10.2 Å². The Hall–Kier alpha value is -2.75. The summed E-state index contributed by atoms with van der Waals surface area (Å²) in [5.74, 6) is 0.332. The molecule has 162 valence electrons. The standard InChI is InChI=1S/C21H21ClN4O4S/c1-25(14-19-23-24-20(30-19)15-6-3-2-4-7-15)21(27)18-8-5-13-26(18)31(28,29)17-11-9-16(22)10-12-17/h2-4,6-7,9-12,18H,5,8,13-14H2,1H3/t18-/m1/s1. The summed E-state index contributed by atoms with van der Waals surface area (Å²) in [6.45, 7) is 0.373. The number of amides is 1. The Kier molecular flexibility index (Phi) is 6.08. The molecule has 0 N–H and O–H groups in total. The van der Waals surface area contributed by atoms with Crippen LogP contribution in [-0.4, -0.2) is 53.4 Å². The molecule has 1 aliphatic heterocycles. The van der Waals surface area contributed by atoms with Gasteiger partial charge in [-0.2, -0.15) is 4.31 Å². The summed E-state index contributed by atoms with van der Waals surface area (Å²) >= 11 is 5.87. The molecule has 0 spiro atoms. The number of rotatable bonds is 6. The summed E-state index contributed by atoms with van der Waals surface area (Å²) < 4.78 is 33.1. The number of sulfonamides is 1. The predicted octanol–water partition coefficient (Wildman–Crippen LogP) is 3.20. The molecule has 4 rings (SSSR count). The number of nitrogens with zero attached hydrogens (tertiary/aromatic N) is 4. The van der Waals surface area contributed by atoms with Gasteiger partial charge in [-0.3, -0.25) is 4.79 Å². The molecule has 3 aromatic rings. The van der Waals surface area contributed by atoms with Gasteiger partial charge in [0.25, 0.3) is 0 Å². The molecule has 0 bridgehead atoms. The Morgan fingerprint density at radius 2 is 1.87 bits per heavy atom. The van der Waals surface area contributed by atoms with Crippen molar-refractivity contribution in [1.29, 1.82) is 0 Å². The Balaban J connectivity index is 1.48. The lowest BCUT2D eigenvalue weighted by atomic mass is 10.2. The first-order chi connectivity index (χ1) is 14.9. The van der Waals surface area contributed by atoms with Crippen molar-refractivity contribution in [1.82, 2.24) is 19.4 Å². The lowest BCUT2D eigenvalue weighted by Crippen LogP contribution is -2.46. The third-order valence-corrected chi connectivity index (χ3v) is 7.32. The maximum Gasteiger partial charge on any atom is 0.247 e. The van der Waals surface area contributed by atoms with Gasteiger partial charge in [0.05, 0.1) is 11.4 Å². The summed E-state index contributed by atoms with van der Waals surface area (Å²) in [6, 6.07) is 14.5. The zero-order valence-electron chi connectivity index (χ0n) is 16.8. The summed E-state index contributed by atoms with van der Waals surface area (Å²) in [5.41, 5.74) is 0.784. The highest BCUT2D eigenvalue weighted by molar-refractivity contribution is 7.89. The number of carbonyl (C=O) groups is 1. The minimum absolute atomic E-state index is 0.0873. The number of hydrogen-bond acceptors (Lipinski definition) is 6. The molecular formula is C21H21ClN4O4S. The van der Waals surface area contributed by atoms with Gasteiger partial charge >= 0.3 is 0 Å². The van der Waals surface area contributed by atoms with Gasteiger partial charge in [0.2, 0.25) is 27.7 Å². The van der Waals surface area contributed by atoms with E-state index in [-0.39, 0.29) is 29.8 Å². The van der Waals surface area contributed by atoms with Crippen molar-refractivity contribution in [3.8, 4) is 11.5 Å². The number of likely N-dealkylation sites (N-methyl/N-ethyl adjacent to an activating group) is 1. The van der Waals surface area contributed by atoms with Crippen LogP contribution in [-0.2, 0) is 21.4 Å². The average molecular weight is 461 g/mol. The lowest BCUT2D eigenvalue weighted by Gasteiger charge is -2.26. The second-order valence-electron chi connectivity index (χ2n) is 7.29. The fourth-order valence-electron chi connectivity index (χ4n) is 3.57. The van der Waals surface area contributed by atoms with E-state index in [1.165, 1.54) is 33.5 Å². The fourth-order valence-corrected chi connectivity index (χ4v) is 5.34. The first-order valence-corrected chi connectivity index (χ1v) is 11.6. The number of aromatic nitrogens is 2. The van der Waals surface area contributed by atoms with Crippen molar-refractivity contribution in [3.63, 3.8) is 0 Å². The van der Waals surface area contributed by atoms with Crippen LogP contribution in [0.25, 0.3) is 11.5 Å². The normalized spacial score (nSPS) is 17.0. The van der Waals surface area contributed by atoms with Gasteiger partial charge in [0.1, 0.15) is 6.04 Å². The highest BCUT2D eigenvalue weighted by Gasteiger charge is 2.40. The number of hydrogen-bond donors (Lipinski definition) is 0. The summed E-state index contributed by atoms with van der Waals surface area (Å²) in [4.78, 5) is 14.6. The van der Waals surface area contributed by atoms with Gasteiger partial charge in [-0.15, -0.1) is 10.2 Å². The second kappa shape index (κ2) is 8.78. The molecule has 1 saturated heterocycles. The van der Waals surface area contributed by atoms with E-state index in [1.807, 2.05) is 30.3 Å². The van der Waals surface area contributed by atoms with Crippen LogP contribution >= 0.6 is 11.6 Å². The molecule has 1 fully saturated rings. The van der Waals surface area contributed by atoms with Crippen LogP contribution in [0.5, 0.6) is 0 Å². The summed E-state index contributed by atoms with van der Waals surface area (Å²) in [5, 5.41) is 8.48. The Morgan fingerprint density at radius 3 is 2.58 bits per heavy atom. The van der Waals surface area contributed by atoms with Crippen LogP contribution < -0.4 is 0 Å². The molecular weight excluding hydrogens is 440 g/mol. The molecule has 10 heteroatoms. The van der Waals surface area contributed by atoms with Crippen molar-refractivity contribution in [2.75, 3.05) is 13.6 Å². The van der Waals surface area contributed by atoms with E-state index in [4.69, 9.17) is 16.0 Å². The highest BCUT2D eigenvalue weighted by Crippen LogP contribution is 2.28. The van der Waals surface area contributed by atoms with E-state index >= 15 is 0 Å². The molecule has 2 heterocycles. The van der Waals surface area contributed by atoms with Gasteiger partial charge < -0.3 is 9.32 Å². The Bertz CT molecular complexity index is 1170. The third-order valence-electron chi connectivity index (χ3n) is 5.15. The molecule has 1 atom stereocenters. The first-order valence-electron chi connectivity index (χ1n) is 9.76. The maximum absolute atomic E-state index is 13.1. The van der Waals surface area contributed by atoms with E-state index in [9.17, 15) is 13.2 Å². The predicted molar refractivity (Wildman–Crippen MR) is 115 cm³/mol. The minimum atomic E-state index is -3.81. The van der Waals surface area contributed by atoms with Crippen molar-refractivity contribution >= 4 is 27.5 Å². The fraction of sp³-hybridized carbons (Fsp3) is 0.286. The monoisotopic (exact) mass is 460 g/mol. The van der Waals surface area contributed by atoms with E-state index in [0.717, 1.165) is 5.56 Å². The highest BCUT2D eigenvalue weighted by atomic mass is 35.5. The number of carbonyl (C=O) groups excluding carboxylic acids is 1. The molecule has 1 aromatic heterocycles. The van der Waals surface area contributed by atoms with Gasteiger partial charge in [-0.05, 0) is 49.2 Å². The summed E-state index contributed by atoms with van der Waals surface area (Å²) in [7, 11) is -2.21. The zero-order chi connectivity index (χ0) is 22.0. The maximum atomic E-state index is 13.1. The number of halogens is 1. The van der Waals surface area contributed by atoms with Crippen molar-refractivity contribution < 1.29 is 17.6 Å². The van der Waals surface area contributed by atoms with Crippen LogP contribution in [0.3, 0.4) is 0 Å². The van der Waals surface area contributed by atoms with Gasteiger partial charge in [-0.1, -0.05) is 29.8 Å². The second-order valence-corrected chi connectivity index (χ2v) is 9.62. The van der Waals surface area contributed by atoms with Crippen LogP contribution in [0.2, 0.25) is 5.02 Å². The molecule has 8 nitrogen and oxygen atoms in total. The first kappa shape index (κ1) is 21.5. The molecule has 0 saturated carbocycles. The lowest BCUT2D eigenvalue weighted by molar-refractivity contribution is -0.134. The largest absolute Gasteiger partial charge is 0.419 e. The van der Waals surface area contributed by atoms with E-state index in [1.54, 1.807) is 7.05 Å². The minimum Gasteiger partial charge on any atom is -0.419 e. The molecule has 2 aromatic carbocycles. The zero-order valence-corrected chi connectivity index (χ0v) is 18.4. The van der Waals surface area contributed by atoms with Crippen LogP contribution in [0, 0.1) is 0 Å². The van der Waals surface area contributed by atoms with Gasteiger partial charge in [0.15, 0.2) is 0 Å². The SMILES string of the molecule is CN(Cc1nnc(-c2ccccc2)o1)C(=O)[C@H]1CCCN1S(=O)(=O)c1ccc(Cl)cc1. The van der Waals surface area contributed by atoms with Crippen molar-refractivity contribution in [2.24, 2.45) is 0 Å². The number of benzene rings is 2. The molecule has 1 amide bonds. The smallest absolute Gasteiger partial charge is 0.247 e. The average Bonchev–Trinajstić information content (AvgIpc) is 3.44. The van der Waals surface area contributed by atoms with Crippen LogP contribution in [0.4, 0.5) is 0 Å². The van der Waals surface area contributed by atoms with E-state index < -0.39 is 16.1 Å². The molecule has 0 radical (unpaired) electrons. The van der Waals surface area contributed by atoms with Gasteiger partial charge in [-0.25, -0.2) is 8.42 Å². The van der Waals surface area contributed by atoms with Crippen LogP contribution in [0.15, 0.2) is 63.9 Å². The Labute approximate surface area is 185 Å². The third kappa shape index (κ3) is 4.48. The molecule has 0 unspecified atom stereocenters. The van der Waals surface area contributed by atoms with Crippen LogP contribution in [0.1, 0.15) is 18.7 Å². The van der Waals surface area contributed by atoms with Crippen molar-refractivity contribution in [3.05, 3.63) is 65.5 Å². The summed E-state index contributed by atoms with van der Waals surface area (Å²) in [6.07, 6.45) is 1.06. The van der Waals surface area contributed by atoms with E-state index in [0.29, 0.717) is 23.8 Å². The molecule has 1 aliphatic rings.